The van der Waals surface area contributed by atoms with Gasteiger partial charge in [0.05, 0.1) is 36.9 Å². The first kappa shape index (κ1) is 25.3. The van der Waals surface area contributed by atoms with E-state index in [9.17, 15) is 14.0 Å². The van der Waals surface area contributed by atoms with E-state index in [1.807, 2.05) is 0 Å². The second-order valence-corrected chi connectivity index (χ2v) is 8.44. The Morgan fingerprint density at radius 2 is 2.00 bits per heavy atom. The van der Waals surface area contributed by atoms with Crippen LogP contribution in [0, 0.1) is 17.5 Å². The fourth-order valence-corrected chi connectivity index (χ4v) is 4.37. The van der Waals surface area contributed by atoms with Gasteiger partial charge in [0, 0.05) is 24.3 Å². The number of carbonyl (C=O) groups excluding carboxylic acids is 2. The number of hydrazine groups is 1. The molecule has 36 heavy (non-hydrogen) atoms. The SMILES string of the molecule is COc1ccc(F)cc1C(=O)NCc1ccc(C2NN(C3CCCOC3)C(N)=C2C(N)=O)c(F)c1F. The molecule has 1 saturated heterocycles. The quantitative estimate of drug-likeness (QED) is 0.451. The molecule has 9 nitrogen and oxygen atoms in total. The number of nitrogens with two attached hydrogens (primary N) is 2. The summed E-state index contributed by atoms with van der Waals surface area (Å²) >= 11 is 0. The predicted octanol–water partition coefficient (Wildman–Crippen LogP) is 1.74. The minimum absolute atomic E-state index is 0.0307. The maximum atomic E-state index is 15.2. The van der Waals surface area contributed by atoms with Crippen molar-refractivity contribution in [3.63, 3.8) is 0 Å². The normalized spacial score (nSPS) is 19.9. The third-order valence-corrected chi connectivity index (χ3v) is 6.21. The van der Waals surface area contributed by atoms with Crippen molar-refractivity contribution in [3.8, 4) is 5.75 Å². The molecule has 0 saturated carbocycles. The summed E-state index contributed by atoms with van der Waals surface area (Å²) < 4.78 is 54.3. The summed E-state index contributed by atoms with van der Waals surface area (Å²) in [6.07, 6.45) is 1.50. The van der Waals surface area contributed by atoms with Crippen LogP contribution in [0.4, 0.5) is 13.2 Å². The Morgan fingerprint density at radius 3 is 2.67 bits per heavy atom. The third kappa shape index (κ3) is 4.82. The van der Waals surface area contributed by atoms with E-state index >= 15 is 8.78 Å². The first-order valence-electron chi connectivity index (χ1n) is 11.2. The molecule has 2 aliphatic heterocycles. The Morgan fingerprint density at radius 1 is 1.22 bits per heavy atom. The third-order valence-electron chi connectivity index (χ3n) is 6.21. The lowest BCUT2D eigenvalue weighted by atomic mass is 9.97. The Kier molecular flexibility index (Phi) is 7.36. The first-order valence-corrected chi connectivity index (χ1v) is 11.2. The lowest BCUT2D eigenvalue weighted by Gasteiger charge is -2.33. The van der Waals surface area contributed by atoms with Crippen LogP contribution in [0.25, 0.3) is 0 Å². The number of carbonyl (C=O) groups is 2. The van der Waals surface area contributed by atoms with Crippen LogP contribution in [-0.4, -0.2) is 43.2 Å². The van der Waals surface area contributed by atoms with E-state index < -0.39 is 35.3 Å². The van der Waals surface area contributed by atoms with E-state index in [0.717, 1.165) is 25.0 Å². The predicted molar refractivity (Wildman–Crippen MR) is 122 cm³/mol. The zero-order valence-corrected chi connectivity index (χ0v) is 19.4. The number of rotatable bonds is 7. The van der Waals surface area contributed by atoms with Gasteiger partial charge in [-0.05, 0) is 31.0 Å². The van der Waals surface area contributed by atoms with Crippen molar-refractivity contribution >= 4 is 11.8 Å². The number of hydrogen-bond acceptors (Lipinski definition) is 7. The molecule has 2 atom stereocenters. The number of amides is 2. The van der Waals surface area contributed by atoms with Gasteiger partial charge in [0.15, 0.2) is 11.6 Å². The molecule has 0 aliphatic carbocycles. The van der Waals surface area contributed by atoms with Gasteiger partial charge in [-0.3, -0.25) is 14.6 Å². The summed E-state index contributed by atoms with van der Waals surface area (Å²) in [5.74, 6) is -4.55. The van der Waals surface area contributed by atoms with Gasteiger partial charge < -0.3 is 26.3 Å². The van der Waals surface area contributed by atoms with E-state index in [4.69, 9.17) is 20.9 Å². The summed E-state index contributed by atoms with van der Waals surface area (Å²) in [4.78, 5) is 24.7. The molecule has 192 valence electrons. The fourth-order valence-electron chi connectivity index (χ4n) is 4.37. The average Bonchev–Trinajstić information content (AvgIpc) is 3.22. The van der Waals surface area contributed by atoms with Crippen LogP contribution in [0.15, 0.2) is 41.7 Å². The molecular weight excluding hydrogens is 479 g/mol. The maximum Gasteiger partial charge on any atom is 0.255 e. The van der Waals surface area contributed by atoms with Crippen molar-refractivity contribution in [1.29, 1.82) is 0 Å². The van der Waals surface area contributed by atoms with Crippen molar-refractivity contribution in [2.24, 2.45) is 11.5 Å². The smallest absolute Gasteiger partial charge is 0.255 e. The molecule has 0 bridgehead atoms. The van der Waals surface area contributed by atoms with Crippen LogP contribution in [0.3, 0.4) is 0 Å². The number of nitrogens with one attached hydrogen (secondary N) is 2. The molecule has 2 aliphatic rings. The van der Waals surface area contributed by atoms with Crippen LogP contribution in [-0.2, 0) is 16.1 Å². The van der Waals surface area contributed by atoms with E-state index in [2.05, 4.69) is 10.7 Å². The molecular formula is C24H26F3N5O4. The largest absolute Gasteiger partial charge is 0.496 e. The molecule has 2 heterocycles. The minimum Gasteiger partial charge on any atom is -0.496 e. The van der Waals surface area contributed by atoms with Gasteiger partial charge in [-0.15, -0.1) is 0 Å². The van der Waals surface area contributed by atoms with Crippen LogP contribution >= 0.6 is 0 Å². The summed E-state index contributed by atoms with van der Waals surface area (Å²) in [6.45, 7) is 0.563. The second kappa shape index (κ2) is 10.5. The van der Waals surface area contributed by atoms with Crippen LogP contribution in [0.1, 0.15) is 40.4 Å². The van der Waals surface area contributed by atoms with Crippen molar-refractivity contribution in [3.05, 3.63) is 75.9 Å². The maximum absolute atomic E-state index is 15.2. The summed E-state index contributed by atoms with van der Waals surface area (Å²) in [5.41, 5.74) is 14.1. The number of ether oxygens (including phenoxy) is 2. The molecule has 2 aromatic rings. The Bertz CT molecular complexity index is 1220. The lowest BCUT2D eigenvalue weighted by Crippen LogP contribution is -2.47. The monoisotopic (exact) mass is 505 g/mol. The highest BCUT2D eigenvalue weighted by atomic mass is 19.2. The molecule has 2 aromatic carbocycles. The Balaban J connectivity index is 1.55. The zero-order chi connectivity index (χ0) is 26.0. The van der Waals surface area contributed by atoms with Crippen molar-refractivity contribution in [2.75, 3.05) is 20.3 Å². The van der Waals surface area contributed by atoms with Gasteiger partial charge in [-0.25, -0.2) is 18.6 Å². The van der Waals surface area contributed by atoms with Gasteiger partial charge >= 0.3 is 0 Å². The molecule has 4 rings (SSSR count). The molecule has 12 heteroatoms. The lowest BCUT2D eigenvalue weighted by molar-refractivity contribution is -0.114. The van der Waals surface area contributed by atoms with Crippen LogP contribution in [0.5, 0.6) is 5.75 Å². The molecule has 2 amide bonds. The highest BCUT2D eigenvalue weighted by Gasteiger charge is 2.39. The number of hydrogen-bond donors (Lipinski definition) is 4. The molecule has 1 fully saturated rings. The van der Waals surface area contributed by atoms with Crippen molar-refractivity contribution < 1.29 is 32.2 Å². The molecule has 0 radical (unpaired) electrons. The molecule has 0 aromatic heterocycles. The Hall–Kier alpha value is -3.77. The average molecular weight is 505 g/mol. The summed E-state index contributed by atoms with van der Waals surface area (Å²) in [6, 6.07) is 4.64. The highest BCUT2D eigenvalue weighted by Crippen LogP contribution is 2.35. The number of halogens is 3. The molecule has 0 spiro atoms. The number of benzene rings is 2. The second-order valence-electron chi connectivity index (χ2n) is 8.44. The van der Waals surface area contributed by atoms with Crippen LogP contribution < -0.4 is 26.9 Å². The minimum atomic E-state index is -1.23. The fraction of sp³-hybridized carbons (Fsp3) is 0.333. The molecule has 6 N–H and O–H groups in total. The summed E-state index contributed by atoms with van der Waals surface area (Å²) in [7, 11) is 1.32. The van der Waals surface area contributed by atoms with Gasteiger partial charge in [-0.1, -0.05) is 12.1 Å². The first-order chi connectivity index (χ1) is 17.2. The van der Waals surface area contributed by atoms with E-state index in [0.29, 0.717) is 13.2 Å². The molecule has 2 unspecified atom stereocenters. The zero-order valence-electron chi connectivity index (χ0n) is 19.4. The van der Waals surface area contributed by atoms with E-state index in [1.165, 1.54) is 30.3 Å². The Labute approximate surface area is 205 Å². The van der Waals surface area contributed by atoms with Crippen molar-refractivity contribution in [1.82, 2.24) is 15.8 Å². The van der Waals surface area contributed by atoms with E-state index in [-0.39, 0.29) is 46.4 Å². The van der Waals surface area contributed by atoms with Crippen molar-refractivity contribution in [2.45, 2.75) is 31.5 Å². The number of primary amides is 1. The summed E-state index contributed by atoms with van der Waals surface area (Å²) in [5, 5.41) is 3.94. The van der Waals surface area contributed by atoms with Gasteiger partial charge in [0.1, 0.15) is 17.4 Å². The number of nitrogens with zero attached hydrogens (tertiary/aromatic N) is 1. The number of methoxy groups -OCH3 is 1. The van der Waals surface area contributed by atoms with Crippen LogP contribution in [0.2, 0.25) is 0 Å². The topological polar surface area (TPSA) is 132 Å². The van der Waals surface area contributed by atoms with Gasteiger partial charge in [0.25, 0.3) is 5.91 Å². The highest BCUT2D eigenvalue weighted by molar-refractivity contribution is 5.97. The van der Waals surface area contributed by atoms with E-state index in [1.54, 1.807) is 0 Å². The standard InChI is InChI=1S/C24H26F3N5O4/c1-35-17-7-5-13(25)9-16(17)24(34)30-10-12-4-6-15(20(27)19(12)26)21-18(23(29)33)22(28)32(31-21)14-3-2-8-36-11-14/h4-7,9,14,21,31H,2-3,8,10-11,28H2,1H3,(H2,29,33)(H,30,34). The van der Waals surface area contributed by atoms with Gasteiger partial charge in [0.2, 0.25) is 5.91 Å². The van der Waals surface area contributed by atoms with Gasteiger partial charge in [-0.2, -0.15) is 0 Å².